The van der Waals surface area contributed by atoms with Crippen LogP contribution in [-0.2, 0) is 11.3 Å². The molecule has 0 bridgehead atoms. The fourth-order valence-corrected chi connectivity index (χ4v) is 2.33. The lowest BCUT2D eigenvalue weighted by Gasteiger charge is -2.33. The summed E-state index contributed by atoms with van der Waals surface area (Å²) in [4.78, 5) is 18.4. The van der Waals surface area contributed by atoms with E-state index in [9.17, 15) is 4.79 Å². The van der Waals surface area contributed by atoms with Gasteiger partial charge in [-0.05, 0) is 43.7 Å². The Labute approximate surface area is 118 Å². The van der Waals surface area contributed by atoms with Crippen molar-refractivity contribution < 1.29 is 9.53 Å². The molecule has 2 aromatic rings. The van der Waals surface area contributed by atoms with Crippen LogP contribution in [0.25, 0.3) is 0 Å². The Bertz CT molecular complexity index is 640. The fourth-order valence-electron chi connectivity index (χ4n) is 2.33. The minimum absolute atomic E-state index is 0.0336. The maximum Gasteiger partial charge on any atom is 0.268 e. The zero-order valence-electron chi connectivity index (χ0n) is 11.5. The van der Waals surface area contributed by atoms with Crippen LogP contribution in [0.2, 0.25) is 0 Å². The Hall–Kier alpha value is -2.36. The quantitative estimate of drug-likeness (QED) is 0.841. The zero-order chi connectivity index (χ0) is 14.1. The van der Waals surface area contributed by atoms with Crippen LogP contribution in [0.5, 0.6) is 5.75 Å². The molecule has 0 N–H and O–H groups in total. The normalized spacial score (nSPS) is 17.6. The standard InChI is InChI=1S/C16H16N2O2/c1-11-6-7-15-14(9-11)18(16(19)12(2)20-15)10-13-5-3-4-8-17-13/h3-9,12H,10H2,1-2H3/t12-/m0/s1. The van der Waals surface area contributed by atoms with Crippen LogP contribution >= 0.6 is 0 Å². The molecule has 0 unspecified atom stereocenters. The summed E-state index contributed by atoms with van der Waals surface area (Å²) < 4.78 is 5.66. The number of nitrogens with zero attached hydrogens (tertiary/aromatic N) is 2. The lowest BCUT2D eigenvalue weighted by molar-refractivity contribution is -0.125. The van der Waals surface area contributed by atoms with E-state index in [2.05, 4.69) is 4.98 Å². The van der Waals surface area contributed by atoms with Crippen LogP contribution in [0.1, 0.15) is 18.2 Å². The van der Waals surface area contributed by atoms with E-state index in [-0.39, 0.29) is 5.91 Å². The molecule has 0 saturated heterocycles. The molecule has 1 aliphatic heterocycles. The van der Waals surface area contributed by atoms with Crippen molar-refractivity contribution in [3.05, 3.63) is 53.9 Å². The molecule has 1 atom stereocenters. The fraction of sp³-hybridized carbons (Fsp3) is 0.250. The van der Waals surface area contributed by atoms with Crippen molar-refractivity contribution in [3.63, 3.8) is 0 Å². The van der Waals surface area contributed by atoms with Gasteiger partial charge in [-0.2, -0.15) is 0 Å². The molecule has 1 aromatic heterocycles. The Morgan fingerprint density at radius 2 is 2.15 bits per heavy atom. The minimum Gasteiger partial charge on any atom is -0.479 e. The van der Waals surface area contributed by atoms with Gasteiger partial charge in [0.2, 0.25) is 0 Å². The van der Waals surface area contributed by atoms with Gasteiger partial charge in [0.15, 0.2) is 6.10 Å². The van der Waals surface area contributed by atoms with Crippen molar-refractivity contribution >= 4 is 11.6 Å². The molecule has 4 heteroatoms. The summed E-state index contributed by atoms with van der Waals surface area (Å²) >= 11 is 0. The van der Waals surface area contributed by atoms with Crippen LogP contribution < -0.4 is 9.64 Å². The van der Waals surface area contributed by atoms with Crippen LogP contribution in [0.3, 0.4) is 0 Å². The summed E-state index contributed by atoms with van der Waals surface area (Å²) in [5.74, 6) is 0.715. The Kier molecular flexibility index (Phi) is 3.14. The average Bonchev–Trinajstić information content (AvgIpc) is 2.46. The number of hydrogen-bond acceptors (Lipinski definition) is 3. The van der Waals surface area contributed by atoms with Crippen molar-refractivity contribution in [1.29, 1.82) is 0 Å². The van der Waals surface area contributed by atoms with Crippen molar-refractivity contribution in [2.45, 2.75) is 26.5 Å². The number of ether oxygens (including phenoxy) is 1. The molecule has 3 rings (SSSR count). The van der Waals surface area contributed by atoms with Gasteiger partial charge in [0, 0.05) is 6.20 Å². The first-order valence-electron chi connectivity index (χ1n) is 6.64. The highest BCUT2D eigenvalue weighted by Gasteiger charge is 2.31. The first-order valence-corrected chi connectivity index (χ1v) is 6.64. The van der Waals surface area contributed by atoms with Gasteiger partial charge in [-0.1, -0.05) is 12.1 Å². The number of aryl methyl sites for hydroxylation is 1. The van der Waals surface area contributed by atoms with Gasteiger partial charge in [-0.3, -0.25) is 14.7 Å². The Balaban J connectivity index is 2.00. The molecule has 1 aromatic carbocycles. The summed E-state index contributed by atoms with van der Waals surface area (Å²) in [7, 11) is 0. The van der Waals surface area contributed by atoms with Crippen molar-refractivity contribution in [2.24, 2.45) is 0 Å². The number of carbonyl (C=O) groups is 1. The number of hydrogen-bond donors (Lipinski definition) is 0. The predicted molar refractivity (Wildman–Crippen MR) is 76.7 cm³/mol. The first-order chi connectivity index (χ1) is 9.65. The van der Waals surface area contributed by atoms with E-state index in [1.165, 1.54) is 0 Å². The van der Waals surface area contributed by atoms with E-state index >= 15 is 0 Å². The number of amides is 1. The third-order valence-electron chi connectivity index (χ3n) is 3.37. The largest absolute Gasteiger partial charge is 0.479 e. The van der Waals surface area contributed by atoms with Gasteiger partial charge in [0.25, 0.3) is 5.91 Å². The van der Waals surface area contributed by atoms with Gasteiger partial charge in [-0.15, -0.1) is 0 Å². The molecular formula is C16H16N2O2. The second kappa shape index (κ2) is 4.96. The maximum absolute atomic E-state index is 12.4. The predicted octanol–water partition coefficient (Wildman–Crippen LogP) is 2.70. The molecular weight excluding hydrogens is 252 g/mol. The summed E-state index contributed by atoms with van der Waals surface area (Å²) in [5, 5.41) is 0. The summed E-state index contributed by atoms with van der Waals surface area (Å²) in [6.45, 7) is 4.24. The molecule has 0 fully saturated rings. The van der Waals surface area contributed by atoms with Crippen molar-refractivity contribution in [1.82, 2.24) is 4.98 Å². The Morgan fingerprint density at radius 1 is 1.30 bits per heavy atom. The second-order valence-electron chi connectivity index (χ2n) is 4.98. The van der Waals surface area contributed by atoms with Gasteiger partial charge < -0.3 is 4.74 Å². The Morgan fingerprint density at radius 3 is 2.90 bits per heavy atom. The van der Waals surface area contributed by atoms with E-state index in [4.69, 9.17) is 4.74 Å². The van der Waals surface area contributed by atoms with E-state index in [1.807, 2.05) is 43.3 Å². The van der Waals surface area contributed by atoms with Crippen LogP contribution in [0.4, 0.5) is 5.69 Å². The van der Waals surface area contributed by atoms with E-state index in [0.29, 0.717) is 6.54 Å². The lowest BCUT2D eigenvalue weighted by atomic mass is 10.1. The molecule has 1 amide bonds. The van der Waals surface area contributed by atoms with Crippen LogP contribution in [0.15, 0.2) is 42.6 Å². The molecule has 0 radical (unpaired) electrons. The third-order valence-corrected chi connectivity index (χ3v) is 3.37. The summed E-state index contributed by atoms with van der Waals surface area (Å²) in [5.41, 5.74) is 2.78. The van der Waals surface area contributed by atoms with E-state index in [1.54, 1.807) is 18.0 Å². The molecule has 0 spiro atoms. The monoisotopic (exact) mass is 268 g/mol. The molecule has 0 aliphatic carbocycles. The van der Waals surface area contributed by atoms with Crippen molar-refractivity contribution in [2.75, 3.05) is 4.90 Å². The molecule has 102 valence electrons. The highest BCUT2D eigenvalue weighted by Crippen LogP contribution is 2.35. The van der Waals surface area contributed by atoms with E-state index in [0.717, 1.165) is 22.7 Å². The average molecular weight is 268 g/mol. The number of carbonyl (C=O) groups excluding carboxylic acids is 1. The summed E-state index contributed by atoms with van der Waals surface area (Å²) in [6, 6.07) is 11.6. The van der Waals surface area contributed by atoms with Gasteiger partial charge in [0.05, 0.1) is 17.9 Å². The topological polar surface area (TPSA) is 42.4 Å². The molecule has 0 saturated carbocycles. The SMILES string of the molecule is Cc1ccc2c(c1)N(Cc1ccccn1)C(=O)[C@H](C)O2. The molecule has 4 nitrogen and oxygen atoms in total. The highest BCUT2D eigenvalue weighted by atomic mass is 16.5. The minimum atomic E-state index is -0.464. The second-order valence-corrected chi connectivity index (χ2v) is 4.98. The number of pyridine rings is 1. The van der Waals surface area contributed by atoms with Gasteiger partial charge in [0.1, 0.15) is 5.75 Å². The molecule has 1 aliphatic rings. The summed E-state index contributed by atoms with van der Waals surface area (Å²) in [6.07, 6.45) is 1.27. The lowest BCUT2D eigenvalue weighted by Crippen LogP contribution is -2.44. The third kappa shape index (κ3) is 2.25. The van der Waals surface area contributed by atoms with Gasteiger partial charge >= 0.3 is 0 Å². The smallest absolute Gasteiger partial charge is 0.268 e. The number of anilines is 1. The van der Waals surface area contributed by atoms with Crippen LogP contribution in [0, 0.1) is 6.92 Å². The van der Waals surface area contributed by atoms with E-state index < -0.39 is 6.10 Å². The number of benzene rings is 1. The maximum atomic E-state index is 12.4. The molecule has 2 heterocycles. The van der Waals surface area contributed by atoms with Crippen molar-refractivity contribution in [3.8, 4) is 5.75 Å². The number of fused-ring (bicyclic) bond motifs is 1. The highest BCUT2D eigenvalue weighted by molar-refractivity contribution is 5.99. The number of aromatic nitrogens is 1. The zero-order valence-corrected chi connectivity index (χ0v) is 11.5. The first kappa shape index (κ1) is 12.7. The number of rotatable bonds is 2. The molecule has 20 heavy (non-hydrogen) atoms. The van der Waals surface area contributed by atoms with Crippen LogP contribution in [-0.4, -0.2) is 17.0 Å². The van der Waals surface area contributed by atoms with Gasteiger partial charge in [-0.25, -0.2) is 0 Å².